The second-order valence-corrected chi connectivity index (χ2v) is 6.80. The van der Waals surface area contributed by atoms with Gasteiger partial charge >= 0.3 is 0 Å². The van der Waals surface area contributed by atoms with Crippen molar-refractivity contribution in [1.82, 2.24) is 4.98 Å². The zero-order chi connectivity index (χ0) is 20.2. The summed E-state index contributed by atoms with van der Waals surface area (Å²) >= 11 is 0. The Morgan fingerprint density at radius 2 is 1.66 bits per heavy atom. The van der Waals surface area contributed by atoms with E-state index in [0.29, 0.717) is 43.1 Å². The van der Waals surface area contributed by atoms with Gasteiger partial charge in [0, 0.05) is 38.1 Å². The van der Waals surface area contributed by atoms with Crippen LogP contribution in [-0.4, -0.2) is 37.1 Å². The summed E-state index contributed by atoms with van der Waals surface area (Å²) in [4.78, 5) is 20.8. The average molecular weight is 394 g/mol. The van der Waals surface area contributed by atoms with Crippen LogP contribution in [0.3, 0.4) is 0 Å². The Bertz CT molecular complexity index is 1000. The van der Waals surface area contributed by atoms with Gasteiger partial charge in [0.15, 0.2) is 0 Å². The van der Waals surface area contributed by atoms with Gasteiger partial charge in [-0.25, -0.2) is 13.8 Å². The van der Waals surface area contributed by atoms with Crippen LogP contribution in [0.2, 0.25) is 0 Å². The largest absolute Gasteiger partial charge is 0.366 e. The van der Waals surface area contributed by atoms with E-state index in [4.69, 9.17) is 0 Å². The van der Waals surface area contributed by atoms with E-state index in [1.165, 1.54) is 30.5 Å². The number of carbonyl (C=O) groups is 1. The van der Waals surface area contributed by atoms with Crippen LogP contribution < -0.4 is 15.1 Å². The predicted octanol–water partition coefficient (Wildman–Crippen LogP) is 3.94. The van der Waals surface area contributed by atoms with E-state index in [2.05, 4.69) is 15.2 Å². The van der Waals surface area contributed by atoms with Gasteiger partial charge in [0.2, 0.25) is 0 Å². The maximum absolute atomic E-state index is 14.0. The number of halogens is 2. The number of hydrogen-bond donors (Lipinski definition) is 1. The maximum atomic E-state index is 14.0. The third-order valence-electron chi connectivity index (χ3n) is 4.89. The molecule has 0 saturated carbocycles. The minimum Gasteiger partial charge on any atom is -0.366 e. The predicted molar refractivity (Wildman–Crippen MR) is 109 cm³/mol. The number of nitrogens with zero attached hydrogens (tertiary/aromatic N) is 3. The summed E-state index contributed by atoms with van der Waals surface area (Å²) in [7, 11) is 0. The lowest BCUT2D eigenvalue weighted by atomic mass is 10.2. The normalized spacial score (nSPS) is 14.0. The highest BCUT2D eigenvalue weighted by Crippen LogP contribution is 2.22. The van der Waals surface area contributed by atoms with Gasteiger partial charge in [-0.3, -0.25) is 4.79 Å². The molecular weight excluding hydrogens is 374 g/mol. The summed E-state index contributed by atoms with van der Waals surface area (Å²) in [5.74, 6) is -0.210. The van der Waals surface area contributed by atoms with Crippen LogP contribution in [0.4, 0.5) is 26.0 Å². The molecule has 29 heavy (non-hydrogen) atoms. The Balaban J connectivity index is 1.37. The van der Waals surface area contributed by atoms with Crippen LogP contribution in [0.5, 0.6) is 0 Å². The molecule has 0 unspecified atom stereocenters. The van der Waals surface area contributed by atoms with Gasteiger partial charge in [-0.05, 0) is 42.5 Å². The Hall–Kier alpha value is -3.48. The second-order valence-electron chi connectivity index (χ2n) is 6.80. The van der Waals surface area contributed by atoms with Crippen LogP contribution in [0.25, 0.3) is 0 Å². The van der Waals surface area contributed by atoms with Crippen molar-refractivity contribution in [2.75, 3.05) is 41.3 Å². The minimum absolute atomic E-state index is 0.215. The standard InChI is InChI=1S/C22H20F2N4O/c23-17-4-3-5-18(14-17)26-22(29)16-8-9-21(25-15-16)28-12-10-27(11-13-28)20-7-2-1-6-19(20)24/h1-9,14-15H,10-13H2,(H,26,29). The lowest BCUT2D eigenvalue weighted by molar-refractivity contribution is 0.102. The zero-order valence-electron chi connectivity index (χ0n) is 15.7. The molecule has 1 aromatic heterocycles. The highest BCUT2D eigenvalue weighted by molar-refractivity contribution is 6.04. The maximum Gasteiger partial charge on any atom is 0.257 e. The van der Waals surface area contributed by atoms with Crippen molar-refractivity contribution >= 4 is 23.1 Å². The first kappa shape index (κ1) is 18.9. The quantitative estimate of drug-likeness (QED) is 0.728. The fourth-order valence-electron chi connectivity index (χ4n) is 3.36. The number of benzene rings is 2. The van der Waals surface area contributed by atoms with Crippen LogP contribution in [0.15, 0.2) is 66.9 Å². The molecule has 3 aromatic rings. The zero-order valence-corrected chi connectivity index (χ0v) is 15.7. The molecule has 0 radical (unpaired) electrons. The lowest BCUT2D eigenvalue weighted by Crippen LogP contribution is -2.47. The number of carbonyl (C=O) groups excluding carboxylic acids is 1. The van der Waals surface area contributed by atoms with Crippen molar-refractivity contribution < 1.29 is 13.6 Å². The summed E-state index contributed by atoms with van der Waals surface area (Å²) in [5.41, 5.74) is 1.40. The third-order valence-corrected chi connectivity index (χ3v) is 4.89. The van der Waals surface area contributed by atoms with Crippen molar-refractivity contribution in [3.05, 3.63) is 84.1 Å². The van der Waals surface area contributed by atoms with Crippen LogP contribution in [-0.2, 0) is 0 Å². The Labute approximate surface area is 167 Å². The fraction of sp³-hybridized carbons (Fsp3) is 0.182. The van der Waals surface area contributed by atoms with Gasteiger partial charge in [0.05, 0.1) is 11.3 Å². The van der Waals surface area contributed by atoms with E-state index in [1.807, 2.05) is 11.0 Å². The molecule has 1 aliphatic heterocycles. The van der Waals surface area contributed by atoms with E-state index >= 15 is 0 Å². The summed E-state index contributed by atoms with van der Waals surface area (Å²) in [5, 5.41) is 2.65. The molecule has 4 rings (SSSR count). The smallest absolute Gasteiger partial charge is 0.257 e. The van der Waals surface area contributed by atoms with Gasteiger partial charge in [-0.1, -0.05) is 18.2 Å². The topological polar surface area (TPSA) is 48.5 Å². The summed E-state index contributed by atoms with van der Waals surface area (Å²) in [6.07, 6.45) is 1.51. The van der Waals surface area contributed by atoms with E-state index in [-0.39, 0.29) is 11.7 Å². The molecular formula is C22H20F2N4O. The molecule has 1 aliphatic rings. The second kappa shape index (κ2) is 8.26. The number of nitrogens with one attached hydrogen (secondary N) is 1. The molecule has 1 saturated heterocycles. The van der Waals surface area contributed by atoms with Crippen molar-refractivity contribution in [2.24, 2.45) is 0 Å². The van der Waals surface area contributed by atoms with Gasteiger partial charge in [-0.2, -0.15) is 0 Å². The Morgan fingerprint density at radius 3 is 2.34 bits per heavy atom. The SMILES string of the molecule is O=C(Nc1cccc(F)c1)c1ccc(N2CCN(c3ccccc3F)CC2)nc1. The van der Waals surface area contributed by atoms with Gasteiger partial charge in [-0.15, -0.1) is 0 Å². The van der Waals surface area contributed by atoms with Gasteiger partial charge in [0.1, 0.15) is 17.5 Å². The molecule has 0 spiro atoms. The van der Waals surface area contributed by atoms with E-state index < -0.39 is 5.82 Å². The number of pyridine rings is 1. The van der Waals surface area contributed by atoms with E-state index in [0.717, 1.165) is 5.82 Å². The molecule has 5 nitrogen and oxygen atoms in total. The Kier molecular flexibility index (Phi) is 5.37. The summed E-state index contributed by atoms with van der Waals surface area (Å²) in [6, 6.07) is 16.0. The highest BCUT2D eigenvalue weighted by atomic mass is 19.1. The molecule has 148 valence electrons. The molecule has 7 heteroatoms. The molecule has 2 aromatic carbocycles. The molecule has 1 amide bonds. The number of amides is 1. The van der Waals surface area contributed by atoms with Gasteiger partial charge < -0.3 is 15.1 Å². The third kappa shape index (κ3) is 4.34. The number of rotatable bonds is 4. The van der Waals surface area contributed by atoms with Crippen LogP contribution in [0.1, 0.15) is 10.4 Å². The average Bonchev–Trinajstić information content (AvgIpc) is 2.74. The molecule has 1 N–H and O–H groups in total. The van der Waals surface area contributed by atoms with Crippen molar-refractivity contribution in [3.8, 4) is 0 Å². The minimum atomic E-state index is -0.411. The first-order valence-corrected chi connectivity index (χ1v) is 9.37. The van der Waals surface area contributed by atoms with Crippen molar-refractivity contribution in [3.63, 3.8) is 0 Å². The van der Waals surface area contributed by atoms with Crippen LogP contribution in [0, 0.1) is 11.6 Å². The molecule has 2 heterocycles. The summed E-state index contributed by atoms with van der Waals surface area (Å²) < 4.78 is 27.2. The molecule has 0 atom stereocenters. The highest BCUT2D eigenvalue weighted by Gasteiger charge is 2.20. The lowest BCUT2D eigenvalue weighted by Gasteiger charge is -2.36. The number of aromatic nitrogens is 1. The molecule has 1 fully saturated rings. The fourth-order valence-corrected chi connectivity index (χ4v) is 3.36. The first-order valence-electron chi connectivity index (χ1n) is 9.37. The monoisotopic (exact) mass is 394 g/mol. The summed E-state index contributed by atoms with van der Waals surface area (Å²) in [6.45, 7) is 2.78. The van der Waals surface area contributed by atoms with E-state index in [1.54, 1.807) is 30.3 Å². The van der Waals surface area contributed by atoms with Crippen LogP contribution >= 0.6 is 0 Å². The number of hydrogen-bond acceptors (Lipinski definition) is 4. The Morgan fingerprint density at radius 1 is 0.897 bits per heavy atom. The molecule has 0 bridgehead atoms. The van der Waals surface area contributed by atoms with Gasteiger partial charge in [0.25, 0.3) is 5.91 Å². The van der Waals surface area contributed by atoms with Crippen molar-refractivity contribution in [2.45, 2.75) is 0 Å². The first-order chi connectivity index (χ1) is 14.1. The van der Waals surface area contributed by atoms with E-state index in [9.17, 15) is 13.6 Å². The van der Waals surface area contributed by atoms with Crippen molar-refractivity contribution in [1.29, 1.82) is 0 Å². The number of anilines is 3. The number of para-hydroxylation sites is 1. The number of piperazine rings is 1. The molecule has 0 aliphatic carbocycles.